The molecule has 0 amide bonds. The van der Waals surface area contributed by atoms with Gasteiger partial charge >= 0.3 is 5.97 Å². The molecule has 3 N–H and O–H groups in total. The van der Waals surface area contributed by atoms with Gasteiger partial charge in [-0.05, 0) is 49.8 Å². The first kappa shape index (κ1) is 20.8. The summed E-state index contributed by atoms with van der Waals surface area (Å²) in [5, 5.41) is 18.5. The van der Waals surface area contributed by atoms with Gasteiger partial charge in [0.05, 0.1) is 29.0 Å². The average molecular weight is 434 g/mol. The number of nitrogens with one attached hydrogen (secondary N) is 2. The van der Waals surface area contributed by atoms with Gasteiger partial charge in [-0.25, -0.2) is 9.78 Å². The molecule has 1 aromatic carbocycles. The van der Waals surface area contributed by atoms with Gasteiger partial charge in [-0.2, -0.15) is 0 Å². The van der Waals surface area contributed by atoms with Crippen molar-refractivity contribution >= 4 is 16.9 Å². The maximum atomic E-state index is 13.3. The van der Waals surface area contributed by atoms with Gasteiger partial charge in [0, 0.05) is 29.6 Å². The van der Waals surface area contributed by atoms with Gasteiger partial charge in [0.25, 0.3) is 5.56 Å². The molecule has 0 bridgehead atoms. The number of benzene rings is 1. The van der Waals surface area contributed by atoms with Crippen LogP contribution in [0, 0.1) is 0 Å². The van der Waals surface area contributed by atoms with E-state index in [4.69, 9.17) is 9.72 Å². The zero-order valence-electron chi connectivity index (χ0n) is 18.4. The number of carbonyl (C=O) groups is 1. The van der Waals surface area contributed by atoms with E-state index in [2.05, 4.69) is 22.8 Å². The van der Waals surface area contributed by atoms with Crippen LogP contribution in [0.3, 0.4) is 0 Å². The number of aromatic nitrogens is 2. The molecule has 1 atom stereocenters. The number of fused-ring (bicyclic) bond motifs is 5. The molecule has 4 heterocycles. The Morgan fingerprint density at radius 3 is 2.69 bits per heavy atom. The van der Waals surface area contributed by atoms with Crippen molar-refractivity contribution in [1.82, 2.24) is 20.2 Å². The fourth-order valence-corrected chi connectivity index (χ4v) is 4.90. The number of hydrogen-bond acceptors (Lipinski definition) is 7. The van der Waals surface area contributed by atoms with Crippen molar-refractivity contribution in [3.63, 3.8) is 0 Å². The van der Waals surface area contributed by atoms with Crippen LogP contribution >= 0.6 is 0 Å². The molecule has 0 saturated carbocycles. The summed E-state index contributed by atoms with van der Waals surface area (Å²) in [7, 11) is 3.84. The van der Waals surface area contributed by atoms with Crippen LogP contribution in [-0.2, 0) is 41.4 Å². The zero-order chi connectivity index (χ0) is 22.6. The van der Waals surface area contributed by atoms with Crippen LogP contribution in [0.4, 0.5) is 0 Å². The Morgan fingerprint density at radius 2 is 1.97 bits per heavy atom. The van der Waals surface area contributed by atoms with E-state index in [9.17, 15) is 14.7 Å². The number of aliphatic hydroxyl groups is 1. The number of hydrogen-bond donors (Lipinski definition) is 3. The van der Waals surface area contributed by atoms with Gasteiger partial charge in [-0.1, -0.05) is 13.0 Å². The minimum atomic E-state index is -1.82. The highest BCUT2D eigenvalue weighted by Crippen LogP contribution is 2.39. The van der Waals surface area contributed by atoms with Gasteiger partial charge in [0.15, 0.2) is 5.60 Å². The predicted octanol–water partition coefficient (Wildman–Crippen LogP) is 1.52. The number of ether oxygens (including phenoxy) is 1. The summed E-state index contributed by atoms with van der Waals surface area (Å²) in [6.07, 6.45) is 0.126. The standard InChI is InChI=1S/C24H26N4O4/c1-4-24(31)18-8-20-21-14(11-28(20)22(29)17(18)12-32-23(24)30)7-15-16(10-26-3)13(9-25-2)5-6-19(15)27-21/h5-8,25-26,31H,4,9-12H2,1-3H3/t24-/m0/s1. The number of cyclic esters (lactones) is 1. The summed E-state index contributed by atoms with van der Waals surface area (Å²) in [6, 6.07) is 7.93. The molecule has 0 fully saturated rings. The van der Waals surface area contributed by atoms with E-state index in [1.54, 1.807) is 17.6 Å². The third-order valence-corrected chi connectivity index (χ3v) is 6.62. The first-order valence-corrected chi connectivity index (χ1v) is 10.8. The van der Waals surface area contributed by atoms with Crippen molar-refractivity contribution in [2.24, 2.45) is 0 Å². The molecular formula is C24H26N4O4. The molecule has 32 heavy (non-hydrogen) atoms. The van der Waals surface area contributed by atoms with Crippen molar-refractivity contribution in [2.75, 3.05) is 14.1 Å². The van der Waals surface area contributed by atoms with Crippen molar-refractivity contribution < 1.29 is 14.6 Å². The number of pyridine rings is 2. The molecule has 0 unspecified atom stereocenters. The average Bonchev–Trinajstić information content (AvgIpc) is 3.15. The van der Waals surface area contributed by atoms with E-state index < -0.39 is 11.6 Å². The molecular weight excluding hydrogens is 408 g/mol. The van der Waals surface area contributed by atoms with Gasteiger partial charge in [-0.3, -0.25) is 4.79 Å². The third-order valence-electron chi connectivity index (χ3n) is 6.62. The lowest BCUT2D eigenvalue weighted by atomic mass is 9.86. The minimum absolute atomic E-state index is 0.124. The summed E-state index contributed by atoms with van der Waals surface area (Å²) in [6.45, 7) is 3.43. The minimum Gasteiger partial charge on any atom is -0.458 e. The van der Waals surface area contributed by atoms with Crippen LogP contribution in [0.2, 0.25) is 0 Å². The monoisotopic (exact) mass is 434 g/mol. The Labute approximate surface area is 185 Å². The van der Waals surface area contributed by atoms with E-state index in [-0.39, 0.29) is 18.6 Å². The highest BCUT2D eigenvalue weighted by atomic mass is 16.6. The SMILES string of the molecule is CC[C@@]1(O)C(=O)OCc2c1cc1n(c2=O)Cc2cc3c(CNC)c(CNC)ccc3nc2-1. The maximum absolute atomic E-state index is 13.3. The van der Waals surface area contributed by atoms with Gasteiger partial charge in [-0.15, -0.1) is 0 Å². The fraction of sp³-hybridized carbons (Fsp3) is 0.375. The second-order valence-electron chi connectivity index (χ2n) is 8.43. The molecule has 8 nitrogen and oxygen atoms in total. The van der Waals surface area contributed by atoms with Crippen LogP contribution in [0.15, 0.2) is 29.1 Å². The predicted molar refractivity (Wildman–Crippen MR) is 120 cm³/mol. The Kier molecular flexibility index (Phi) is 4.88. The van der Waals surface area contributed by atoms with Crippen LogP contribution in [-0.4, -0.2) is 34.7 Å². The summed E-state index contributed by atoms with van der Waals surface area (Å²) >= 11 is 0. The van der Waals surface area contributed by atoms with Gasteiger partial charge < -0.3 is 25.0 Å². The van der Waals surface area contributed by atoms with Crippen molar-refractivity contribution in [3.8, 4) is 11.4 Å². The summed E-state index contributed by atoms with van der Waals surface area (Å²) in [5.41, 5.74) is 4.12. The highest BCUT2D eigenvalue weighted by Gasteiger charge is 2.45. The van der Waals surface area contributed by atoms with E-state index >= 15 is 0 Å². The van der Waals surface area contributed by atoms with Crippen molar-refractivity contribution in [2.45, 2.75) is 45.2 Å². The molecule has 0 spiro atoms. The van der Waals surface area contributed by atoms with E-state index in [1.165, 1.54) is 11.1 Å². The second kappa shape index (κ2) is 7.51. The maximum Gasteiger partial charge on any atom is 0.343 e. The Hall–Kier alpha value is -3.07. The molecule has 8 heteroatoms. The first-order chi connectivity index (χ1) is 15.4. The molecule has 0 aliphatic carbocycles. The van der Waals surface area contributed by atoms with E-state index in [1.807, 2.05) is 20.2 Å². The van der Waals surface area contributed by atoms with Crippen molar-refractivity contribution in [3.05, 3.63) is 62.4 Å². The normalized spacial score (nSPS) is 18.9. The second-order valence-corrected chi connectivity index (χ2v) is 8.43. The highest BCUT2D eigenvalue weighted by molar-refractivity contribution is 5.88. The van der Waals surface area contributed by atoms with Crippen molar-refractivity contribution in [1.29, 1.82) is 0 Å². The Bertz CT molecular complexity index is 1330. The van der Waals surface area contributed by atoms with Crippen LogP contribution in [0.1, 0.15) is 41.2 Å². The van der Waals surface area contributed by atoms with Crippen LogP contribution in [0.5, 0.6) is 0 Å². The molecule has 166 valence electrons. The number of nitrogens with zero attached hydrogens (tertiary/aromatic N) is 2. The summed E-state index contributed by atoms with van der Waals surface area (Å²) in [5.74, 6) is -0.713. The zero-order valence-corrected chi connectivity index (χ0v) is 18.4. The van der Waals surface area contributed by atoms with Gasteiger partial charge in [0.1, 0.15) is 6.61 Å². The molecule has 3 aromatic rings. The fourth-order valence-electron chi connectivity index (χ4n) is 4.90. The lowest BCUT2D eigenvalue weighted by molar-refractivity contribution is -0.172. The third kappa shape index (κ3) is 2.83. The largest absolute Gasteiger partial charge is 0.458 e. The smallest absolute Gasteiger partial charge is 0.343 e. The Balaban J connectivity index is 1.73. The lowest BCUT2D eigenvalue weighted by Crippen LogP contribution is -2.44. The number of carbonyl (C=O) groups excluding carboxylic acids is 1. The number of rotatable bonds is 5. The molecule has 0 radical (unpaired) electrons. The molecule has 5 rings (SSSR count). The summed E-state index contributed by atoms with van der Waals surface area (Å²) in [4.78, 5) is 30.5. The number of esters is 1. The topological polar surface area (TPSA) is 105 Å². The summed E-state index contributed by atoms with van der Waals surface area (Å²) < 4.78 is 6.80. The van der Waals surface area contributed by atoms with Crippen LogP contribution in [0.25, 0.3) is 22.3 Å². The lowest BCUT2D eigenvalue weighted by Gasteiger charge is -2.31. The van der Waals surface area contributed by atoms with E-state index in [0.717, 1.165) is 23.0 Å². The molecule has 2 aliphatic heterocycles. The van der Waals surface area contributed by atoms with Gasteiger partial charge in [0.2, 0.25) is 0 Å². The quantitative estimate of drug-likeness (QED) is 0.409. The first-order valence-electron chi connectivity index (χ1n) is 10.8. The Morgan fingerprint density at radius 1 is 1.19 bits per heavy atom. The van der Waals surface area contributed by atoms with Crippen LogP contribution < -0.4 is 16.2 Å². The molecule has 2 aliphatic rings. The molecule has 2 aromatic heterocycles. The van der Waals surface area contributed by atoms with E-state index in [0.29, 0.717) is 35.6 Å². The molecule has 0 saturated heterocycles.